The highest BCUT2D eigenvalue weighted by atomic mass is 14.9. The zero-order valence-corrected chi connectivity index (χ0v) is 16.2. The van der Waals surface area contributed by atoms with Crippen molar-refractivity contribution in [2.24, 2.45) is 29.4 Å². The second-order valence-corrected chi connectivity index (χ2v) is 8.46. The van der Waals surface area contributed by atoms with E-state index in [0.717, 1.165) is 6.54 Å². The Kier molecular flexibility index (Phi) is 7.77. The van der Waals surface area contributed by atoms with Gasteiger partial charge in [-0.25, -0.2) is 0 Å². The highest BCUT2D eigenvalue weighted by molar-refractivity contribution is 5.14. The molecule has 0 radical (unpaired) electrons. The number of rotatable bonds is 8. The van der Waals surface area contributed by atoms with E-state index >= 15 is 0 Å². The SMILES string of the molecule is CC(C)C1CC(NCCCCc2ccccc2)CC(C(C)C)C1N. The summed E-state index contributed by atoms with van der Waals surface area (Å²) in [6.45, 7) is 10.5. The number of nitrogens with one attached hydrogen (secondary N) is 1. The molecular weight excluding hydrogens is 292 g/mol. The van der Waals surface area contributed by atoms with E-state index in [1.807, 2.05) is 0 Å². The monoisotopic (exact) mass is 330 g/mol. The molecule has 2 heteroatoms. The molecule has 136 valence electrons. The topological polar surface area (TPSA) is 38.0 Å². The van der Waals surface area contributed by atoms with Gasteiger partial charge in [-0.15, -0.1) is 0 Å². The summed E-state index contributed by atoms with van der Waals surface area (Å²) in [5.41, 5.74) is 8.06. The molecule has 2 atom stereocenters. The summed E-state index contributed by atoms with van der Waals surface area (Å²) in [7, 11) is 0. The van der Waals surface area contributed by atoms with E-state index in [1.54, 1.807) is 0 Å². The van der Waals surface area contributed by atoms with E-state index in [0.29, 0.717) is 35.8 Å². The second-order valence-electron chi connectivity index (χ2n) is 8.46. The molecule has 2 rings (SSSR count). The number of benzene rings is 1. The van der Waals surface area contributed by atoms with Crippen LogP contribution in [-0.4, -0.2) is 18.6 Å². The van der Waals surface area contributed by atoms with Gasteiger partial charge >= 0.3 is 0 Å². The lowest BCUT2D eigenvalue weighted by molar-refractivity contribution is 0.112. The third-order valence-electron chi connectivity index (χ3n) is 5.98. The molecule has 0 saturated heterocycles. The Morgan fingerprint density at radius 1 is 0.958 bits per heavy atom. The number of hydrogen-bond acceptors (Lipinski definition) is 2. The molecule has 2 nitrogen and oxygen atoms in total. The van der Waals surface area contributed by atoms with Gasteiger partial charge in [-0.05, 0) is 67.9 Å². The summed E-state index contributed by atoms with van der Waals surface area (Å²) in [6.07, 6.45) is 6.23. The molecule has 1 fully saturated rings. The van der Waals surface area contributed by atoms with E-state index < -0.39 is 0 Å². The maximum Gasteiger partial charge on any atom is 0.0102 e. The molecule has 1 saturated carbocycles. The second kappa shape index (κ2) is 9.58. The molecule has 1 aromatic carbocycles. The molecule has 1 aliphatic rings. The Bertz CT molecular complexity index is 436. The molecule has 0 bridgehead atoms. The molecule has 24 heavy (non-hydrogen) atoms. The average molecular weight is 331 g/mol. The van der Waals surface area contributed by atoms with Crippen LogP contribution in [0.3, 0.4) is 0 Å². The van der Waals surface area contributed by atoms with Crippen LogP contribution in [0.1, 0.15) is 58.9 Å². The first kappa shape index (κ1) is 19.5. The van der Waals surface area contributed by atoms with E-state index in [9.17, 15) is 0 Å². The van der Waals surface area contributed by atoms with Gasteiger partial charge in [-0.2, -0.15) is 0 Å². The Balaban J connectivity index is 1.74. The van der Waals surface area contributed by atoms with Crippen LogP contribution >= 0.6 is 0 Å². The Hall–Kier alpha value is -0.860. The normalized spacial score (nSPS) is 27.8. The van der Waals surface area contributed by atoms with Crippen LogP contribution in [0.5, 0.6) is 0 Å². The van der Waals surface area contributed by atoms with Gasteiger partial charge in [0.2, 0.25) is 0 Å². The highest BCUT2D eigenvalue weighted by Gasteiger charge is 2.37. The fourth-order valence-electron chi connectivity index (χ4n) is 4.39. The largest absolute Gasteiger partial charge is 0.327 e. The Labute approximate surface area is 149 Å². The van der Waals surface area contributed by atoms with Crippen LogP contribution in [-0.2, 0) is 6.42 Å². The maximum absolute atomic E-state index is 6.60. The first-order valence-corrected chi connectivity index (χ1v) is 10.0. The van der Waals surface area contributed by atoms with Crippen molar-refractivity contribution in [3.63, 3.8) is 0 Å². The van der Waals surface area contributed by atoms with Gasteiger partial charge in [-0.3, -0.25) is 0 Å². The van der Waals surface area contributed by atoms with Crippen molar-refractivity contribution in [2.75, 3.05) is 6.54 Å². The zero-order valence-electron chi connectivity index (χ0n) is 16.2. The molecule has 1 aliphatic carbocycles. The van der Waals surface area contributed by atoms with Crippen molar-refractivity contribution < 1.29 is 0 Å². The Morgan fingerprint density at radius 2 is 1.54 bits per heavy atom. The predicted molar refractivity (Wildman–Crippen MR) is 105 cm³/mol. The van der Waals surface area contributed by atoms with E-state index in [2.05, 4.69) is 63.3 Å². The van der Waals surface area contributed by atoms with Gasteiger partial charge < -0.3 is 11.1 Å². The summed E-state index contributed by atoms with van der Waals surface area (Å²) >= 11 is 0. The van der Waals surface area contributed by atoms with Crippen LogP contribution in [0.15, 0.2) is 30.3 Å². The number of nitrogens with two attached hydrogens (primary N) is 1. The van der Waals surface area contributed by atoms with Gasteiger partial charge in [0.1, 0.15) is 0 Å². The molecule has 1 aromatic rings. The number of hydrogen-bond donors (Lipinski definition) is 2. The van der Waals surface area contributed by atoms with E-state index in [-0.39, 0.29) is 0 Å². The summed E-state index contributed by atoms with van der Waals surface area (Å²) in [4.78, 5) is 0. The maximum atomic E-state index is 6.60. The molecule has 3 N–H and O–H groups in total. The Morgan fingerprint density at radius 3 is 2.08 bits per heavy atom. The van der Waals surface area contributed by atoms with Crippen molar-refractivity contribution in [2.45, 2.75) is 71.9 Å². The van der Waals surface area contributed by atoms with E-state index in [4.69, 9.17) is 5.73 Å². The van der Waals surface area contributed by atoms with Gasteiger partial charge in [0.15, 0.2) is 0 Å². The standard InChI is InChI=1S/C22H38N2/c1-16(2)20-14-19(15-21(17(3)4)22(20)23)24-13-9-8-12-18-10-6-5-7-11-18/h5-7,10-11,16-17,19-22,24H,8-9,12-15,23H2,1-4H3. The first-order valence-electron chi connectivity index (χ1n) is 10.0. The third-order valence-corrected chi connectivity index (χ3v) is 5.98. The summed E-state index contributed by atoms with van der Waals surface area (Å²) in [5, 5.41) is 3.84. The van der Waals surface area contributed by atoms with Crippen molar-refractivity contribution in [1.82, 2.24) is 5.32 Å². The molecule has 0 heterocycles. The predicted octanol–water partition coefficient (Wildman–Crippen LogP) is 4.63. The van der Waals surface area contributed by atoms with Gasteiger partial charge in [0, 0.05) is 12.1 Å². The molecule has 2 unspecified atom stereocenters. The zero-order chi connectivity index (χ0) is 17.5. The molecule has 0 aromatic heterocycles. The minimum atomic E-state index is 0.376. The smallest absolute Gasteiger partial charge is 0.0102 e. The van der Waals surface area contributed by atoms with E-state index in [1.165, 1.54) is 37.7 Å². The van der Waals surface area contributed by atoms with Crippen molar-refractivity contribution in [3.05, 3.63) is 35.9 Å². The molecule has 0 spiro atoms. The van der Waals surface area contributed by atoms with Crippen LogP contribution in [0, 0.1) is 23.7 Å². The lowest BCUT2D eigenvalue weighted by Crippen LogP contribution is -2.52. The number of unbranched alkanes of at least 4 members (excludes halogenated alkanes) is 1. The van der Waals surface area contributed by atoms with Gasteiger partial charge in [-0.1, -0.05) is 58.0 Å². The fraction of sp³-hybridized carbons (Fsp3) is 0.727. The van der Waals surface area contributed by atoms with Gasteiger partial charge in [0.25, 0.3) is 0 Å². The molecular formula is C22H38N2. The van der Waals surface area contributed by atoms with Crippen molar-refractivity contribution >= 4 is 0 Å². The lowest BCUT2D eigenvalue weighted by Gasteiger charge is -2.44. The quantitative estimate of drug-likeness (QED) is 0.682. The van der Waals surface area contributed by atoms with Crippen LogP contribution in [0.25, 0.3) is 0 Å². The first-order chi connectivity index (χ1) is 11.5. The highest BCUT2D eigenvalue weighted by Crippen LogP contribution is 2.36. The average Bonchev–Trinajstić information content (AvgIpc) is 2.56. The van der Waals surface area contributed by atoms with Crippen LogP contribution < -0.4 is 11.1 Å². The fourth-order valence-corrected chi connectivity index (χ4v) is 4.39. The number of aryl methyl sites for hydroxylation is 1. The van der Waals surface area contributed by atoms with Gasteiger partial charge in [0.05, 0.1) is 0 Å². The van der Waals surface area contributed by atoms with Crippen molar-refractivity contribution in [3.8, 4) is 0 Å². The lowest BCUT2D eigenvalue weighted by atomic mass is 9.67. The summed E-state index contributed by atoms with van der Waals surface area (Å²) in [6, 6.07) is 11.9. The summed E-state index contributed by atoms with van der Waals surface area (Å²) in [5.74, 6) is 2.69. The minimum Gasteiger partial charge on any atom is -0.327 e. The molecule has 0 amide bonds. The molecule has 0 aliphatic heterocycles. The van der Waals surface area contributed by atoms with Crippen molar-refractivity contribution in [1.29, 1.82) is 0 Å². The summed E-state index contributed by atoms with van der Waals surface area (Å²) < 4.78 is 0. The van der Waals surface area contributed by atoms with Crippen LogP contribution in [0.2, 0.25) is 0 Å². The van der Waals surface area contributed by atoms with Crippen LogP contribution in [0.4, 0.5) is 0 Å². The third kappa shape index (κ3) is 5.60. The minimum absolute atomic E-state index is 0.376.